The second-order valence-electron chi connectivity index (χ2n) is 5.95. The Balaban J connectivity index is 2.17. The van der Waals surface area contributed by atoms with E-state index in [0.29, 0.717) is 0 Å². The molecule has 1 aromatic carbocycles. The number of nitrogens with zero attached hydrogens (tertiary/aromatic N) is 1. The van der Waals surface area contributed by atoms with Crippen molar-refractivity contribution in [1.29, 1.82) is 0 Å². The van der Waals surface area contributed by atoms with Crippen LogP contribution in [-0.4, -0.2) is 36.5 Å². The van der Waals surface area contributed by atoms with Gasteiger partial charge in [0.15, 0.2) is 0 Å². The molecule has 1 saturated carbocycles. The molecule has 2 rings (SSSR count). The van der Waals surface area contributed by atoms with E-state index < -0.39 is 16.1 Å². The molecule has 1 atom stereocenters. The Morgan fingerprint density at radius 1 is 1.19 bits per heavy atom. The molecule has 21 heavy (non-hydrogen) atoms. The first-order valence-corrected chi connectivity index (χ1v) is 9.31. The van der Waals surface area contributed by atoms with Gasteiger partial charge in [0.2, 0.25) is 10.0 Å². The summed E-state index contributed by atoms with van der Waals surface area (Å²) in [5.74, 6) is 0.0110. The lowest BCUT2D eigenvalue weighted by atomic mass is 9.95. The Morgan fingerprint density at radius 3 is 2.38 bits per heavy atom. The van der Waals surface area contributed by atoms with Gasteiger partial charge in [-0.3, -0.25) is 0 Å². The fourth-order valence-electron chi connectivity index (χ4n) is 2.99. The first-order chi connectivity index (χ1) is 9.99. The summed E-state index contributed by atoms with van der Waals surface area (Å²) in [5, 5.41) is 9.68. The number of rotatable bonds is 6. The summed E-state index contributed by atoms with van der Waals surface area (Å²) >= 11 is 0. The molecule has 0 saturated heterocycles. The zero-order valence-corrected chi connectivity index (χ0v) is 13.4. The molecular formula is C16H25NO3S. The molecule has 1 aliphatic rings. The van der Waals surface area contributed by atoms with Crippen LogP contribution in [-0.2, 0) is 15.8 Å². The molecule has 1 aliphatic carbocycles. The van der Waals surface area contributed by atoms with Crippen molar-refractivity contribution in [3.63, 3.8) is 0 Å². The summed E-state index contributed by atoms with van der Waals surface area (Å²) in [6.45, 7) is 1.84. The van der Waals surface area contributed by atoms with Crippen molar-refractivity contribution < 1.29 is 13.5 Å². The molecule has 5 heteroatoms. The third kappa shape index (κ3) is 4.80. The van der Waals surface area contributed by atoms with Gasteiger partial charge in [-0.15, -0.1) is 0 Å². The Kier molecular flexibility index (Phi) is 5.79. The minimum absolute atomic E-state index is 0.0110. The topological polar surface area (TPSA) is 57.6 Å². The van der Waals surface area contributed by atoms with Gasteiger partial charge in [-0.25, -0.2) is 8.42 Å². The van der Waals surface area contributed by atoms with E-state index in [1.54, 1.807) is 11.2 Å². The van der Waals surface area contributed by atoms with Crippen molar-refractivity contribution in [2.45, 2.75) is 56.9 Å². The van der Waals surface area contributed by atoms with Gasteiger partial charge in [-0.05, 0) is 25.3 Å². The molecule has 0 bridgehead atoms. The summed E-state index contributed by atoms with van der Waals surface area (Å²) < 4.78 is 27.0. The Morgan fingerprint density at radius 2 is 1.81 bits per heavy atom. The van der Waals surface area contributed by atoms with Gasteiger partial charge in [0.1, 0.15) is 0 Å². The minimum Gasteiger partial charge on any atom is -0.392 e. The first-order valence-electron chi connectivity index (χ1n) is 7.70. The van der Waals surface area contributed by atoms with Gasteiger partial charge in [0, 0.05) is 12.6 Å². The highest BCUT2D eigenvalue weighted by Crippen LogP contribution is 2.26. The monoisotopic (exact) mass is 311 g/mol. The zero-order valence-electron chi connectivity index (χ0n) is 12.6. The van der Waals surface area contributed by atoms with Crippen molar-refractivity contribution in [1.82, 2.24) is 4.31 Å². The fraction of sp³-hybridized carbons (Fsp3) is 0.625. The standard InChI is InChI=1S/C16H25NO3S/c1-14(18)12-17(16-10-6-3-7-11-16)21(19,20)13-15-8-4-2-5-9-15/h2,4-5,8-9,14,16,18H,3,6-7,10-13H2,1H3. The van der Waals surface area contributed by atoms with Crippen LogP contribution in [0.1, 0.15) is 44.6 Å². The Hall–Kier alpha value is -0.910. The molecule has 0 heterocycles. The molecule has 0 spiro atoms. The fourth-order valence-corrected chi connectivity index (χ4v) is 4.87. The zero-order chi connectivity index (χ0) is 15.3. The summed E-state index contributed by atoms with van der Waals surface area (Å²) in [6.07, 6.45) is 4.49. The largest absolute Gasteiger partial charge is 0.392 e. The summed E-state index contributed by atoms with van der Waals surface area (Å²) in [7, 11) is -3.40. The number of hydrogen-bond acceptors (Lipinski definition) is 3. The maximum Gasteiger partial charge on any atom is 0.218 e. The van der Waals surface area contributed by atoms with E-state index in [0.717, 1.165) is 31.2 Å². The molecule has 0 amide bonds. The predicted octanol–water partition coefficient (Wildman–Crippen LogP) is 2.53. The molecule has 118 valence electrons. The van der Waals surface area contributed by atoms with Gasteiger partial charge >= 0.3 is 0 Å². The molecule has 1 unspecified atom stereocenters. The predicted molar refractivity (Wildman–Crippen MR) is 84.3 cm³/mol. The van der Waals surface area contributed by atoms with Crippen LogP contribution in [0.25, 0.3) is 0 Å². The van der Waals surface area contributed by atoms with E-state index in [1.165, 1.54) is 6.42 Å². The number of benzene rings is 1. The molecule has 1 aromatic rings. The van der Waals surface area contributed by atoms with Crippen LogP contribution >= 0.6 is 0 Å². The second-order valence-corrected chi connectivity index (χ2v) is 7.87. The second kappa shape index (κ2) is 7.38. The molecule has 0 radical (unpaired) electrons. The first kappa shape index (κ1) is 16.5. The maximum absolute atomic E-state index is 12.7. The van der Waals surface area contributed by atoms with Crippen LogP contribution in [0.2, 0.25) is 0 Å². The van der Waals surface area contributed by atoms with E-state index in [1.807, 2.05) is 30.3 Å². The van der Waals surface area contributed by atoms with Gasteiger partial charge in [0.25, 0.3) is 0 Å². The van der Waals surface area contributed by atoms with Crippen LogP contribution in [0.15, 0.2) is 30.3 Å². The maximum atomic E-state index is 12.7. The summed E-state index contributed by atoms with van der Waals surface area (Å²) in [6, 6.07) is 9.29. The third-order valence-corrected chi connectivity index (χ3v) is 5.84. The lowest BCUT2D eigenvalue weighted by molar-refractivity contribution is 0.136. The lowest BCUT2D eigenvalue weighted by Crippen LogP contribution is -2.45. The van der Waals surface area contributed by atoms with E-state index in [9.17, 15) is 13.5 Å². The number of aliphatic hydroxyl groups is 1. The highest BCUT2D eigenvalue weighted by Gasteiger charge is 2.31. The van der Waals surface area contributed by atoms with Gasteiger partial charge in [-0.2, -0.15) is 4.31 Å². The highest BCUT2D eigenvalue weighted by atomic mass is 32.2. The van der Waals surface area contributed by atoms with E-state index in [4.69, 9.17) is 0 Å². The molecule has 1 fully saturated rings. The Bertz CT molecular complexity index is 522. The molecule has 0 aromatic heterocycles. The van der Waals surface area contributed by atoms with E-state index in [2.05, 4.69) is 0 Å². The van der Waals surface area contributed by atoms with Crippen molar-refractivity contribution in [2.75, 3.05) is 6.54 Å². The van der Waals surface area contributed by atoms with E-state index >= 15 is 0 Å². The number of sulfonamides is 1. The van der Waals surface area contributed by atoms with Crippen molar-refractivity contribution in [2.24, 2.45) is 0 Å². The third-order valence-electron chi connectivity index (χ3n) is 3.98. The summed E-state index contributed by atoms with van der Waals surface area (Å²) in [5.41, 5.74) is 0.795. The smallest absolute Gasteiger partial charge is 0.218 e. The van der Waals surface area contributed by atoms with Crippen LogP contribution in [0.3, 0.4) is 0 Å². The van der Waals surface area contributed by atoms with Crippen LogP contribution in [0, 0.1) is 0 Å². The quantitative estimate of drug-likeness (QED) is 0.878. The molecule has 4 nitrogen and oxygen atoms in total. The van der Waals surface area contributed by atoms with E-state index in [-0.39, 0.29) is 18.3 Å². The molecular weight excluding hydrogens is 286 g/mol. The minimum atomic E-state index is -3.40. The van der Waals surface area contributed by atoms with Gasteiger partial charge < -0.3 is 5.11 Å². The average molecular weight is 311 g/mol. The van der Waals surface area contributed by atoms with Crippen LogP contribution < -0.4 is 0 Å². The number of hydrogen-bond donors (Lipinski definition) is 1. The van der Waals surface area contributed by atoms with Crippen molar-refractivity contribution in [3.8, 4) is 0 Å². The van der Waals surface area contributed by atoms with Gasteiger partial charge in [-0.1, -0.05) is 49.6 Å². The van der Waals surface area contributed by atoms with Crippen molar-refractivity contribution in [3.05, 3.63) is 35.9 Å². The lowest BCUT2D eigenvalue weighted by Gasteiger charge is -2.34. The highest BCUT2D eigenvalue weighted by molar-refractivity contribution is 7.88. The Labute approximate surface area is 127 Å². The SMILES string of the molecule is CC(O)CN(C1CCCCC1)S(=O)(=O)Cc1ccccc1. The van der Waals surface area contributed by atoms with Crippen LogP contribution in [0.4, 0.5) is 0 Å². The molecule has 1 N–H and O–H groups in total. The normalized spacial score (nSPS) is 18.8. The average Bonchev–Trinajstić information content (AvgIpc) is 2.46. The van der Waals surface area contributed by atoms with Gasteiger partial charge in [0.05, 0.1) is 11.9 Å². The molecule has 0 aliphatic heterocycles. The van der Waals surface area contributed by atoms with Crippen molar-refractivity contribution >= 4 is 10.0 Å². The summed E-state index contributed by atoms with van der Waals surface area (Å²) in [4.78, 5) is 0. The van der Waals surface area contributed by atoms with Crippen LogP contribution in [0.5, 0.6) is 0 Å². The number of aliphatic hydroxyl groups excluding tert-OH is 1.